The molecule has 17 heavy (non-hydrogen) atoms. The molecule has 2 saturated heterocycles. The number of hydrogen-bond acceptors (Lipinski definition) is 4. The number of hydrogen-bond donors (Lipinski definition) is 3. The Balaban J connectivity index is 1.90. The molecule has 2 aliphatic rings. The van der Waals surface area contributed by atoms with Crippen LogP contribution in [0.2, 0.25) is 0 Å². The maximum atomic E-state index is 11.9. The first kappa shape index (κ1) is 12.0. The highest BCUT2D eigenvalue weighted by molar-refractivity contribution is 6.01. The Morgan fingerprint density at radius 3 is 2.71 bits per heavy atom. The molecule has 0 aliphatic carbocycles. The molecule has 6 nitrogen and oxygen atoms in total. The van der Waals surface area contributed by atoms with Gasteiger partial charge in [0.1, 0.15) is 6.04 Å². The Kier molecular flexibility index (Phi) is 3.42. The lowest BCUT2D eigenvalue weighted by molar-refractivity contribution is -0.138. The minimum absolute atomic E-state index is 0.0829. The minimum atomic E-state index is -0.562. The maximum Gasteiger partial charge on any atom is 0.249 e. The Labute approximate surface area is 99.5 Å². The van der Waals surface area contributed by atoms with Crippen LogP contribution in [0.25, 0.3) is 0 Å². The number of nitrogens with one attached hydrogen (secondary N) is 3. The molecule has 0 aromatic rings. The molecule has 0 radical (unpaired) electrons. The molecule has 6 heteroatoms. The smallest absolute Gasteiger partial charge is 0.249 e. The van der Waals surface area contributed by atoms with E-state index in [1.165, 1.54) is 0 Å². The van der Waals surface area contributed by atoms with Gasteiger partial charge in [-0.25, -0.2) is 0 Å². The molecule has 1 unspecified atom stereocenters. The zero-order valence-corrected chi connectivity index (χ0v) is 9.79. The fraction of sp³-hybridized carbons (Fsp3) is 0.727. The summed E-state index contributed by atoms with van der Waals surface area (Å²) >= 11 is 0. The summed E-state index contributed by atoms with van der Waals surface area (Å²) in [7, 11) is 0. The monoisotopic (exact) mass is 239 g/mol. The quantitative estimate of drug-likeness (QED) is 0.526. The highest BCUT2D eigenvalue weighted by atomic mass is 16.2. The van der Waals surface area contributed by atoms with E-state index in [0.717, 1.165) is 6.54 Å². The number of carbonyl (C=O) groups excluding carboxylic acids is 3. The lowest BCUT2D eigenvalue weighted by Gasteiger charge is -2.24. The van der Waals surface area contributed by atoms with Crippen LogP contribution in [-0.4, -0.2) is 36.9 Å². The Bertz CT molecular complexity index is 356. The Morgan fingerprint density at radius 2 is 2.12 bits per heavy atom. The molecule has 0 aromatic heterocycles. The largest absolute Gasteiger partial charge is 0.344 e. The first-order valence-electron chi connectivity index (χ1n) is 5.92. The lowest BCUT2D eigenvalue weighted by atomic mass is 9.96. The van der Waals surface area contributed by atoms with Crippen molar-refractivity contribution in [3.05, 3.63) is 0 Å². The number of amides is 3. The van der Waals surface area contributed by atoms with Gasteiger partial charge in [-0.2, -0.15) is 0 Å². The summed E-state index contributed by atoms with van der Waals surface area (Å²) in [4.78, 5) is 34.4. The molecule has 0 saturated carbocycles. The van der Waals surface area contributed by atoms with E-state index in [1.807, 2.05) is 6.92 Å². The van der Waals surface area contributed by atoms with E-state index in [4.69, 9.17) is 0 Å². The molecule has 3 amide bonds. The third-order valence-corrected chi connectivity index (χ3v) is 3.41. The van der Waals surface area contributed by atoms with E-state index in [2.05, 4.69) is 16.0 Å². The standard InChI is InChI=1S/C11H17N3O3/c1-6-4-12-5-7(6)10(16)13-8-2-3-9(15)14-11(8)17/h6-8,12H,2-5H2,1H3,(H,13,16)(H,14,15,17)/t6-,7-,8?/m0/s1. The second kappa shape index (κ2) is 4.83. The van der Waals surface area contributed by atoms with E-state index in [0.29, 0.717) is 13.0 Å². The van der Waals surface area contributed by atoms with Gasteiger partial charge in [-0.05, 0) is 18.9 Å². The average molecular weight is 239 g/mol. The van der Waals surface area contributed by atoms with E-state index in [9.17, 15) is 14.4 Å². The van der Waals surface area contributed by atoms with Crippen molar-refractivity contribution in [2.24, 2.45) is 11.8 Å². The van der Waals surface area contributed by atoms with Crippen molar-refractivity contribution in [1.29, 1.82) is 0 Å². The molecule has 94 valence electrons. The first-order chi connectivity index (χ1) is 8.08. The number of piperidine rings is 1. The van der Waals surface area contributed by atoms with Crippen molar-refractivity contribution in [1.82, 2.24) is 16.0 Å². The van der Waals surface area contributed by atoms with Gasteiger partial charge in [-0.15, -0.1) is 0 Å². The first-order valence-corrected chi connectivity index (χ1v) is 5.92. The topological polar surface area (TPSA) is 87.3 Å². The fourth-order valence-electron chi connectivity index (χ4n) is 2.27. The second-order valence-electron chi connectivity index (χ2n) is 4.75. The van der Waals surface area contributed by atoms with Crippen LogP contribution in [0, 0.1) is 11.8 Å². The number of imide groups is 1. The molecule has 3 N–H and O–H groups in total. The summed E-state index contributed by atoms with van der Waals surface area (Å²) in [5.41, 5.74) is 0. The van der Waals surface area contributed by atoms with Crippen LogP contribution >= 0.6 is 0 Å². The number of carbonyl (C=O) groups is 3. The van der Waals surface area contributed by atoms with Crippen LogP contribution < -0.4 is 16.0 Å². The van der Waals surface area contributed by atoms with Gasteiger partial charge in [-0.3, -0.25) is 19.7 Å². The van der Waals surface area contributed by atoms with E-state index in [-0.39, 0.29) is 30.1 Å². The van der Waals surface area contributed by atoms with E-state index in [1.54, 1.807) is 0 Å². The zero-order chi connectivity index (χ0) is 12.4. The van der Waals surface area contributed by atoms with Crippen LogP contribution in [-0.2, 0) is 14.4 Å². The third kappa shape index (κ3) is 2.63. The van der Waals surface area contributed by atoms with E-state index < -0.39 is 11.9 Å². The van der Waals surface area contributed by atoms with Gasteiger partial charge >= 0.3 is 0 Å². The van der Waals surface area contributed by atoms with Crippen molar-refractivity contribution in [2.45, 2.75) is 25.8 Å². The predicted molar refractivity (Wildman–Crippen MR) is 59.8 cm³/mol. The number of rotatable bonds is 2. The van der Waals surface area contributed by atoms with Crippen molar-refractivity contribution in [2.75, 3.05) is 13.1 Å². The van der Waals surface area contributed by atoms with Gasteiger partial charge < -0.3 is 10.6 Å². The molecule has 2 rings (SSSR count). The zero-order valence-electron chi connectivity index (χ0n) is 9.79. The van der Waals surface area contributed by atoms with Crippen LogP contribution in [0.15, 0.2) is 0 Å². The molecule has 2 aliphatic heterocycles. The molecular weight excluding hydrogens is 222 g/mol. The van der Waals surface area contributed by atoms with Crippen LogP contribution in [0.3, 0.4) is 0 Å². The molecule has 3 atom stereocenters. The summed E-state index contributed by atoms with van der Waals surface area (Å²) < 4.78 is 0. The van der Waals surface area contributed by atoms with Crippen molar-refractivity contribution < 1.29 is 14.4 Å². The van der Waals surface area contributed by atoms with E-state index >= 15 is 0 Å². The lowest BCUT2D eigenvalue weighted by Crippen LogP contribution is -2.53. The predicted octanol–water partition coefficient (Wildman–Crippen LogP) is -1.24. The summed E-state index contributed by atoms with van der Waals surface area (Å²) in [5, 5.41) is 8.09. The third-order valence-electron chi connectivity index (χ3n) is 3.41. The fourth-order valence-corrected chi connectivity index (χ4v) is 2.27. The Hall–Kier alpha value is -1.43. The summed E-state index contributed by atoms with van der Waals surface area (Å²) in [5.74, 6) is -0.565. The minimum Gasteiger partial charge on any atom is -0.344 e. The highest BCUT2D eigenvalue weighted by Crippen LogP contribution is 2.16. The van der Waals surface area contributed by atoms with Crippen molar-refractivity contribution in [3.63, 3.8) is 0 Å². The van der Waals surface area contributed by atoms with Gasteiger partial charge in [0.15, 0.2) is 0 Å². The molecule has 2 fully saturated rings. The molecule has 0 spiro atoms. The average Bonchev–Trinajstić information content (AvgIpc) is 2.68. The van der Waals surface area contributed by atoms with Gasteiger partial charge in [0.2, 0.25) is 17.7 Å². The summed E-state index contributed by atoms with van der Waals surface area (Å²) in [6.07, 6.45) is 0.681. The molecule has 0 bridgehead atoms. The maximum absolute atomic E-state index is 11.9. The van der Waals surface area contributed by atoms with Crippen molar-refractivity contribution in [3.8, 4) is 0 Å². The molecule has 0 aromatic carbocycles. The highest BCUT2D eigenvalue weighted by Gasteiger charge is 2.33. The summed E-state index contributed by atoms with van der Waals surface area (Å²) in [6, 6.07) is -0.562. The molecule has 2 heterocycles. The van der Waals surface area contributed by atoms with Crippen LogP contribution in [0.4, 0.5) is 0 Å². The van der Waals surface area contributed by atoms with Crippen LogP contribution in [0.1, 0.15) is 19.8 Å². The van der Waals surface area contributed by atoms with Gasteiger partial charge in [-0.1, -0.05) is 6.92 Å². The van der Waals surface area contributed by atoms with Gasteiger partial charge in [0.25, 0.3) is 0 Å². The second-order valence-corrected chi connectivity index (χ2v) is 4.75. The Morgan fingerprint density at radius 1 is 1.35 bits per heavy atom. The molecular formula is C11H17N3O3. The van der Waals surface area contributed by atoms with Crippen molar-refractivity contribution >= 4 is 17.7 Å². The van der Waals surface area contributed by atoms with Gasteiger partial charge in [0, 0.05) is 13.0 Å². The SMILES string of the molecule is C[C@H]1CNC[C@@H]1C(=O)NC1CCC(=O)NC1=O. The van der Waals surface area contributed by atoms with Gasteiger partial charge in [0.05, 0.1) is 5.92 Å². The normalized spacial score (nSPS) is 33.4. The summed E-state index contributed by atoms with van der Waals surface area (Å²) in [6.45, 7) is 3.49. The van der Waals surface area contributed by atoms with Crippen LogP contribution in [0.5, 0.6) is 0 Å².